The maximum Gasteiger partial charge on any atom is 0.0507 e. The van der Waals surface area contributed by atoms with E-state index in [2.05, 4.69) is 39.0 Å². The van der Waals surface area contributed by atoms with Crippen molar-refractivity contribution in [2.45, 2.75) is 19.3 Å². The summed E-state index contributed by atoms with van der Waals surface area (Å²) in [5.74, 6) is 0.779. The first-order valence-electron chi connectivity index (χ1n) is 9.74. The van der Waals surface area contributed by atoms with Gasteiger partial charge in [-0.2, -0.15) is 0 Å². The minimum Gasteiger partial charge on any atom is -0.381 e. The fourth-order valence-corrected chi connectivity index (χ4v) is 4.39. The van der Waals surface area contributed by atoms with Crippen LogP contribution in [0.15, 0.2) is 24.3 Å². The summed E-state index contributed by atoms with van der Waals surface area (Å²) in [5.41, 5.74) is 3.01. The van der Waals surface area contributed by atoms with Crippen LogP contribution in [0, 0.1) is 5.92 Å². The Bertz CT molecular complexity index is 521. The van der Waals surface area contributed by atoms with Crippen LogP contribution in [0.1, 0.15) is 18.4 Å². The van der Waals surface area contributed by atoms with Gasteiger partial charge in [0.1, 0.15) is 0 Å². The molecule has 3 aliphatic heterocycles. The lowest BCUT2D eigenvalue weighted by Gasteiger charge is -2.38. The number of hydrogen-bond donors (Lipinski definition) is 0. The Morgan fingerprint density at radius 1 is 0.958 bits per heavy atom. The molecular formula is C20H31N3O. The monoisotopic (exact) mass is 329 g/mol. The molecule has 4 nitrogen and oxygen atoms in total. The van der Waals surface area contributed by atoms with E-state index in [-0.39, 0.29) is 0 Å². The van der Waals surface area contributed by atoms with Crippen LogP contribution in [0.2, 0.25) is 0 Å². The van der Waals surface area contributed by atoms with Crippen LogP contribution in [0.5, 0.6) is 0 Å². The summed E-state index contributed by atoms with van der Waals surface area (Å²) in [6, 6.07) is 8.96. The fraction of sp³-hybridized carbons (Fsp3) is 0.700. The highest BCUT2D eigenvalue weighted by Gasteiger charge is 2.23. The molecule has 0 unspecified atom stereocenters. The zero-order chi connectivity index (χ0) is 16.2. The molecule has 2 saturated heterocycles. The molecular weight excluding hydrogens is 298 g/mol. The lowest BCUT2D eigenvalue weighted by atomic mass is 10.0. The Hall–Kier alpha value is -1.10. The van der Waals surface area contributed by atoms with Gasteiger partial charge in [-0.15, -0.1) is 0 Å². The van der Waals surface area contributed by atoms with E-state index in [0.29, 0.717) is 0 Å². The topological polar surface area (TPSA) is 19.0 Å². The van der Waals surface area contributed by atoms with Crippen LogP contribution in [0.25, 0.3) is 0 Å². The molecule has 4 rings (SSSR count). The molecule has 1 aromatic carbocycles. The molecule has 4 heteroatoms. The van der Waals surface area contributed by atoms with E-state index in [4.69, 9.17) is 4.74 Å². The highest BCUT2D eigenvalue weighted by molar-refractivity contribution is 5.55. The Morgan fingerprint density at radius 2 is 1.79 bits per heavy atom. The van der Waals surface area contributed by atoms with Crippen LogP contribution in [-0.4, -0.2) is 75.4 Å². The quantitative estimate of drug-likeness (QED) is 0.823. The van der Waals surface area contributed by atoms with Crippen molar-refractivity contribution in [3.63, 3.8) is 0 Å². The van der Waals surface area contributed by atoms with E-state index >= 15 is 0 Å². The van der Waals surface area contributed by atoms with Gasteiger partial charge in [0.15, 0.2) is 0 Å². The molecule has 1 aromatic rings. The third-order valence-electron chi connectivity index (χ3n) is 5.90. The van der Waals surface area contributed by atoms with Gasteiger partial charge in [-0.3, -0.25) is 4.90 Å². The molecule has 0 N–H and O–H groups in total. The number of fused-ring (bicyclic) bond motifs is 1. The summed E-state index contributed by atoms with van der Waals surface area (Å²) in [6.45, 7) is 11.7. The highest BCUT2D eigenvalue weighted by atomic mass is 16.5. The first-order chi connectivity index (χ1) is 11.9. The number of para-hydroxylation sites is 1. The first kappa shape index (κ1) is 16.4. The zero-order valence-corrected chi connectivity index (χ0v) is 14.8. The van der Waals surface area contributed by atoms with Gasteiger partial charge in [0.2, 0.25) is 0 Å². The zero-order valence-electron chi connectivity index (χ0n) is 14.8. The van der Waals surface area contributed by atoms with Gasteiger partial charge in [0.25, 0.3) is 0 Å². The fourth-order valence-electron chi connectivity index (χ4n) is 4.39. The van der Waals surface area contributed by atoms with E-state index < -0.39 is 0 Å². The van der Waals surface area contributed by atoms with Crippen molar-refractivity contribution in [2.75, 3.05) is 70.5 Å². The Morgan fingerprint density at radius 3 is 2.62 bits per heavy atom. The average molecular weight is 329 g/mol. The van der Waals surface area contributed by atoms with Crippen LogP contribution in [-0.2, 0) is 11.2 Å². The van der Waals surface area contributed by atoms with E-state index in [9.17, 15) is 0 Å². The number of rotatable bonds is 5. The summed E-state index contributed by atoms with van der Waals surface area (Å²) in [7, 11) is 0. The molecule has 0 bridgehead atoms. The SMILES string of the molecule is c1ccc2c(c1)CCCN2CCN1CCN(C[C@H]2CCOC2)CC1. The molecule has 3 aliphatic rings. The standard InChI is InChI=1S/C20H31N3O/c1-2-6-20-19(4-1)5-3-8-23(20)14-13-21-9-11-22(12-10-21)16-18-7-15-24-17-18/h1-2,4,6,18H,3,5,7-17H2/t18-/m1/s1. The number of hydrogen-bond acceptors (Lipinski definition) is 4. The maximum atomic E-state index is 5.51. The van der Waals surface area contributed by atoms with Crippen molar-refractivity contribution >= 4 is 5.69 Å². The number of ether oxygens (including phenoxy) is 1. The Kier molecular flexibility index (Phi) is 5.36. The minimum atomic E-state index is 0.779. The van der Waals surface area contributed by atoms with E-state index in [1.54, 1.807) is 0 Å². The first-order valence-corrected chi connectivity index (χ1v) is 9.74. The van der Waals surface area contributed by atoms with E-state index in [0.717, 1.165) is 19.1 Å². The smallest absolute Gasteiger partial charge is 0.0507 e. The molecule has 1 atom stereocenters. The summed E-state index contributed by atoms with van der Waals surface area (Å²) in [5, 5.41) is 0. The van der Waals surface area contributed by atoms with Gasteiger partial charge in [-0.1, -0.05) is 18.2 Å². The summed E-state index contributed by atoms with van der Waals surface area (Å²) in [6.07, 6.45) is 3.80. The van der Waals surface area contributed by atoms with Crippen LogP contribution >= 0.6 is 0 Å². The number of aryl methyl sites for hydroxylation is 1. The molecule has 132 valence electrons. The van der Waals surface area contributed by atoms with Crippen molar-refractivity contribution in [3.05, 3.63) is 29.8 Å². The van der Waals surface area contributed by atoms with Gasteiger partial charge in [-0.05, 0) is 36.8 Å². The molecule has 0 radical (unpaired) electrons. The molecule has 0 amide bonds. The van der Waals surface area contributed by atoms with Crippen molar-refractivity contribution in [2.24, 2.45) is 5.92 Å². The summed E-state index contributed by atoms with van der Waals surface area (Å²) < 4.78 is 5.51. The predicted octanol–water partition coefficient (Wildman–Crippen LogP) is 2.09. The van der Waals surface area contributed by atoms with Gasteiger partial charge in [0.05, 0.1) is 6.61 Å². The normalized spacial score (nSPS) is 25.8. The highest BCUT2D eigenvalue weighted by Crippen LogP contribution is 2.26. The van der Waals surface area contributed by atoms with Gasteiger partial charge >= 0.3 is 0 Å². The van der Waals surface area contributed by atoms with Crippen molar-refractivity contribution < 1.29 is 4.74 Å². The van der Waals surface area contributed by atoms with Crippen molar-refractivity contribution in [3.8, 4) is 0 Å². The molecule has 2 fully saturated rings. The third-order valence-corrected chi connectivity index (χ3v) is 5.90. The van der Waals surface area contributed by atoms with Crippen LogP contribution < -0.4 is 4.90 Å². The summed E-state index contributed by atoms with van der Waals surface area (Å²) >= 11 is 0. The van der Waals surface area contributed by atoms with Crippen molar-refractivity contribution in [1.29, 1.82) is 0 Å². The average Bonchev–Trinajstić information content (AvgIpc) is 3.14. The van der Waals surface area contributed by atoms with E-state index in [1.165, 1.54) is 82.9 Å². The molecule has 0 aliphatic carbocycles. The van der Waals surface area contributed by atoms with Gasteiger partial charge in [-0.25, -0.2) is 0 Å². The number of benzene rings is 1. The molecule has 3 heterocycles. The number of nitrogens with zero attached hydrogens (tertiary/aromatic N) is 3. The summed E-state index contributed by atoms with van der Waals surface area (Å²) in [4.78, 5) is 7.89. The van der Waals surface area contributed by atoms with E-state index in [1.807, 2.05) is 0 Å². The van der Waals surface area contributed by atoms with Gasteiger partial charge < -0.3 is 14.5 Å². The van der Waals surface area contributed by atoms with Crippen LogP contribution in [0.3, 0.4) is 0 Å². The van der Waals surface area contributed by atoms with Crippen molar-refractivity contribution in [1.82, 2.24) is 9.80 Å². The second-order valence-electron chi connectivity index (χ2n) is 7.59. The number of piperazine rings is 1. The Labute approximate surface area is 146 Å². The maximum absolute atomic E-state index is 5.51. The number of anilines is 1. The predicted molar refractivity (Wildman–Crippen MR) is 98.8 cm³/mol. The largest absolute Gasteiger partial charge is 0.381 e. The molecule has 24 heavy (non-hydrogen) atoms. The lowest BCUT2D eigenvalue weighted by Crippen LogP contribution is -2.49. The Balaban J connectivity index is 1.22. The van der Waals surface area contributed by atoms with Crippen LogP contribution in [0.4, 0.5) is 5.69 Å². The minimum absolute atomic E-state index is 0.779. The third kappa shape index (κ3) is 3.93. The molecule has 0 saturated carbocycles. The second kappa shape index (κ2) is 7.85. The molecule has 0 aromatic heterocycles. The molecule has 0 spiro atoms. The lowest BCUT2D eigenvalue weighted by molar-refractivity contribution is 0.112. The second-order valence-corrected chi connectivity index (χ2v) is 7.59. The van der Waals surface area contributed by atoms with Gasteiger partial charge in [0, 0.05) is 64.7 Å².